The van der Waals surface area contributed by atoms with Crippen molar-refractivity contribution in [3.8, 4) is 16.9 Å². The summed E-state index contributed by atoms with van der Waals surface area (Å²) in [5.41, 5.74) is 5.06. The van der Waals surface area contributed by atoms with Crippen LogP contribution in [-0.4, -0.2) is 38.9 Å². The summed E-state index contributed by atoms with van der Waals surface area (Å²) >= 11 is 0. The number of methoxy groups -OCH3 is 1. The Hall–Kier alpha value is -5.09. The summed E-state index contributed by atoms with van der Waals surface area (Å²) in [4.78, 5) is 30.4. The summed E-state index contributed by atoms with van der Waals surface area (Å²) in [7, 11) is 1.55. The number of hydrogen-bond acceptors (Lipinski definition) is 6. The van der Waals surface area contributed by atoms with Crippen LogP contribution in [0.2, 0.25) is 0 Å². The lowest BCUT2D eigenvalue weighted by Gasteiger charge is -2.12. The van der Waals surface area contributed by atoms with Gasteiger partial charge in [-0.25, -0.2) is 18.6 Å². The van der Waals surface area contributed by atoms with E-state index in [0.29, 0.717) is 28.2 Å². The standard InChI is InChI=1S/C29H22FN5O4/c1-38-16-23-27(19-9-11-20(30)12-10-19)28-31-15-22-24(35(28)32-23)13-14-34(29(22)37)33-26(36)17-39-25-8-4-6-18-5-2-3-7-21(18)25/h2-15H,16-17H2,1H3,(H,33,36). The highest BCUT2D eigenvalue weighted by Gasteiger charge is 2.19. The number of ether oxygens (including phenoxy) is 2. The van der Waals surface area contributed by atoms with Crippen LogP contribution in [0.4, 0.5) is 4.39 Å². The van der Waals surface area contributed by atoms with Crippen molar-refractivity contribution in [1.29, 1.82) is 0 Å². The fourth-order valence-electron chi connectivity index (χ4n) is 4.58. The van der Waals surface area contributed by atoms with Crippen molar-refractivity contribution in [2.75, 3.05) is 19.1 Å². The SMILES string of the molecule is COCc1nn2c(ncc3c(=O)n(NC(=O)COc4cccc5ccccc45)ccc32)c1-c1ccc(F)cc1. The molecule has 10 heteroatoms. The van der Waals surface area contributed by atoms with Crippen molar-refractivity contribution in [2.45, 2.75) is 6.61 Å². The van der Waals surface area contributed by atoms with Gasteiger partial charge in [0.1, 0.15) is 11.6 Å². The summed E-state index contributed by atoms with van der Waals surface area (Å²) in [6, 6.07) is 21.0. The van der Waals surface area contributed by atoms with E-state index in [1.807, 2.05) is 36.4 Å². The Kier molecular flexibility index (Phi) is 6.22. The Labute approximate surface area is 221 Å². The van der Waals surface area contributed by atoms with Gasteiger partial charge in [-0.3, -0.25) is 15.0 Å². The molecule has 1 N–H and O–H groups in total. The molecule has 3 aromatic carbocycles. The largest absolute Gasteiger partial charge is 0.483 e. The van der Waals surface area contributed by atoms with Gasteiger partial charge < -0.3 is 9.47 Å². The highest BCUT2D eigenvalue weighted by molar-refractivity contribution is 5.90. The number of hydrogen-bond donors (Lipinski definition) is 1. The van der Waals surface area contributed by atoms with E-state index in [4.69, 9.17) is 9.47 Å². The van der Waals surface area contributed by atoms with Crippen molar-refractivity contribution in [2.24, 2.45) is 0 Å². The summed E-state index contributed by atoms with van der Waals surface area (Å²) in [5, 5.41) is 6.76. The molecule has 194 valence electrons. The molecule has 9 nitrogen and oxygen atoms in total. The molecule has 0 atom stereocenters. The molecule has 0 saturated heterocycles. The van der Waals surface area contributed by atoms with Crippen molar-refractivity contribution < 1.29 is 18.7 Å². The maximum atomic E-state index is 13.5. The van der Waals surface area contributed by atoms with E-state index >= 15 is 0 Å². The fraction of sp³-hybridized carbons (Fsp3) is 0.103. The second kappa shape index (κ2) is 9.99. The minimum atomic E-state index is -0.501. The predicted molar refractivity (Wildman–Crippen MR) is 145 cm³/mol. The highest BCUT2D eigenvalue weighted by atomic mass is 19.1. The summed E-state index contributed by atoms with van der Waals surface area (Å²) in [6.07, 6.45) is 2.89. The lowest BCUT2D eigenvalue weighted by Crippen LogP contribution is -2.35. The number of pyridine rings is 1. The smallest absolute Gasteiger partial charge is 0.280 e. The van der Waals surface area contributed by atoms with Gasteiger partial charge in [-0.15, -0.1) is 0 Å². The first-order chi connectivity index (χ1) is 19.0. The van der Waals surface area contributed by atoms with Crippen LogP contribution in [0.15, 0.2) is 90.0 Å². The van der Waals surface area contributed by atoms with Crippen LogP contribution in [0.5, 0.6) is 5.75 Å². The fourth-order valence-corrected chi connectivity index (χ4v) is 4.58. The number of amides is 1. The van der Waals surface area contributed by atoms with E-state index < -0.39 is 11.5 Å². The van der Waals surface area contributed by atoms with Crippen LogP contribution >= 0.6 is 0 Å². The zero-order valence-corrected chi connectivity index (χ0v) is 20.8. The first-order valence-corrected chi connectivity index (χ1v) is 12.1. The number of benzene rings is 3. The zero-order chi connectivity index (χ0) is 26.9. The maximum Gasteiger partial charge on any atom is 0.280 e. The van der Waals surface area contributed by atoms with Crippen molar-refractivity contribution in [3.63, 3.8) is 0 Å². The Balaban J connectivity index is 1.30. The van der Waals surface area contributed by atoms with Gasteiger partial charge in [0.25, 0.3) is 11.5 Å². The molecule has 3 aromatic heterocycles. The zero-order valence-electron chi connectivity index (χ0n) is 20.8. The second-order valence-corrected chi connectivity index (χ2v) is 8.85. The molecule has 39 heavy (non-hydrogen) atoms. The van der Waals surface area contributed by atoms with Gasteiger partial charge in [0.2, 0.25) is 0 Å². The minimum Gasteiger partial charge on any atom is -0.483 e. The van der Waals surface area contributed by atoms with E-state index in [-0.39, 0.29) is 24.4 Å². The molecular weight excluding hydrogens is 501 g/mol. The van der Waals surface area contributed by atoms with E-state index in [2.05, 4.69) is 15.5 Å². The molecule has 3 heterocycles. The average molecular weight is 524 g/mol. The lowest BCUT2D eigenvalue weighted by atomic mass is 10.1. The molecule has 0 radical (unpaired) electrons. The summed E-state index contributed by atoms with van der Waals surface area (Å²) in [5.74, 6) is -0.284. The van der Waals surface area contributed by atoms with Crippen molar-refractivity contribution in [3.05, 3.63) is 107 Å². The molecule has 0 aliphatic carbocycles. The summed E-state index contributed by atoms with van der Waals surface area (Å²) in [6.45, 7) is -0.0856. The molecule has 6 aromatic rings. The third kappa shape index (κ3) is 4.47. The van der Waals surface area contributed by atoms with Gasteiger partial charge >= 0.3 is 0 Å². The van der Waals surface area contributed by atoms with Crippen LogP contribution in [0.3, 0.4) is 0 Å². The number of nitrogens with one attached hydrogen (secondary N) is 1. The van der Waals surface area contributed by atoms with Crippen molar-refractivity contribution >= 4 is 33.2 Å². The van der Waals surface area contributed by atoms with Gasteiger partial charge in [0.15, 0.2) is 12.3 Å². The molecule has 0 saturated carbocycles. The number of carbonyl (C=O) groups excluding carboxylic acids is 1. The third-order valence-electron chi connectivity index (χ3n) is 6.35. The highest BCUT2D eigenvalue weighted by Crippen LogP contribution is 2.30. The lowest BCUT2D eigenvalue weighted by molar-refractivity contribution is -0.119. The number of fused-ring (bicyclic) bond motifs is 4. The monoisotopic (exact) mass is 523 g/mol. The Bertz CT molecular complexity index is 1910. The van der Waals surface area contributed by atoms with Gasteiger partial charge in [-0.05, 0) is 35.2 Å². The van der Waals surface area contributed by atoms with Crippen LogP contribution in [0, 0.1) is 5.82 Å². The number of nitrogens with zero attached hydrogens (tertiary/aromatic N) is 4. The van der Waals surface area contributed by atoms with Crippen LogP contribution in [0.25, 0.3) is 38.4 Å². The Morgan fingerprint density at radius 2 is 1.79 bits per heavy atom. The normalized spacial score (nSPS) is 11.3. The topological polar surface area (TPSA) is 99.8 Å². The molecule has 1 amide bonds. The van der Waals surface area contributed by atoms with Crippen LogP contribution in [-0.2, 0) is 16.1 Å². The first kappa shape index (κ1) is 24.3. The van der Waals surface area contributed by atoms with Crippen LogP contribution in [0.1, 0.15) is 5.69 Å². The molecule has 0 unspecified atom stereocenters. The van der Waals surface area contributed by atoms with Crippen LogP contribution < -0.4 is 15.7 Å². The van der Waals surface area contributed by atoms with Gasteiger partial charge in [-0.2, -0.15) is 5.10 Å². The molecule has 0 aliphatic heterocycles. The quantitative estimate of drug-likeness (QED) is 0.335. The van der Waals surface area contributed by atoms with E-state index in [9.17, 15) is 14.0 Å². The van der Waals surface area contributed by atoms with Crippen molar-refractivity contribution in [1.82, 2.24) is 19.3 Å². The second-order valence-electron chi connectivity index (χ2n) is 8.85. The Morgan fingerprint density at radius 1 is 1.00 bits per heavy atom. The first-order valence-electron chi connectivity index (χ1n) is 12.1. The number of aromatic nitrogens is 4. The van der Waals surface area contributed by atoms with E-state index in [0.717, 1.165) is 21.0 Å². The van der Waals surface area contributed by atoms with Gasteiger partial charge in [0.05, 0.1) is 28.8 Å². The Morgan fingerprint density at radius 3 is 2.62 bits per heavy atom. The van der Waals surface area contributed by atoms with Gasteiger partial charge in [-0.1, -0.05) is 48.5 Å². The maximum absolute atomic E-state index is 13.5. The number of halogens is 1. The number of carbonyl (C=O) groups is 1. The number of rotatable bonds is 7. The molecular formula is C29H22FN5O4. The molecule has 0 aliphatic rings. The minimum absolute atomic E-state index is 0.196. The predicted octanol–water partition coefficient (Wildman–Crippen LogP) is 4.30. The third-order valence-corrected chi connectivity index (χ3v) is 6.35. The van der Waals surface area contributed by atoms with E-state index in [1.165, 1.54) is 24.5 Å². The average Bonchev–Trinajstić information content (AvgIpc) is 3.32. The molecule has 6 rings (SSSR count). The van der Waals surface area contributed by atoms with Gasteiger partial charge in [0, 0.05) is 24.9 Å². The van der Waals surface area contributed by atoms with E-state index in [1.54, 1.807) is 35.9 Å². The molecule has 0 fully saturated rings. The summed E-state index contributed by atoms with van der Waals surface area (Å²) < 4.78 is 27.2. The molecule has 0 bridgehead atoms. The molecule has 0 spiro atoms.